The van der Waals surface area contributed by atoms with E-state index in [2.05, 4.69) is 29.6 Å². The van der Waals surface area contributed by atoms with Gasteiger partial charge in [0.15, 0.2) is 5.11 Å². The maximum atomic E-state index is 6.05. The first kappa shape index (κ1) is 15.2. The molecule has 0 aliphatic heterocycles. The van der Waals surface area contributed by atoms with Gasteiger partial charge in [0.25, 0.3) is 0 Å². The molecule has 0 amide bonds. The van der Waals surface area contributed by atoms with Gasteiger partial charge in [-0.2, -0.15) is 0 Å². The van der Waals surface area contributed by atoms with Gasteiger partial charge in [-0.25, -0.2) is 0 Å². The third-order valence-corrected chi connectivity index (χ3v) is 3.15. The molecule has 0 radical (unpaired) electrons. The predicted molar refractivity (Wildman–Crippen MR) is 83.6 cm³/mol. The Bertz CT molecular complexity index is 407. The minimum Gasteiger partial charge on any atom is -0.362 e. The van der Waals surface area contributed by atoms with Gasteiger partial charge in [0.1, 0.15) is 0 Å². The molecule has 1 aromatic carbocycles. The summed E-state index contributed by atoms with van der Waals surface area (Å²) in [5, 5.41) is 7.67. The number of aryl methyl sites for hydroxylation is 1. The number of nitrogens with one attached hydrogen (secondary N) is 2. The second kappa shape index (κ2) is 7.56. The van der Waals surface area contributed by atoms with E-state index in [4.69, 9.17) is 23.8 Å². The van der Waals surface area contributed by atoms with Gasteiger partial charge in [0.2, 0.25) is 0 Å². The van der Waals surface area contributed by atoms with Gasteiger partial charge in [-0.3, -0.25) is 0 Å². The van der Waals surface area contributed by atoms with E-state index in [-0.39, 0.29) is 0 Å². The first-order valence-corrected chi connectivity index (χ1v) is 6.73. The van der Waals surface area contributed by atoms with Gasteiger partial charge in [-0.15, -0.1) is 0 Å². The fraction of sp³-hybridized carbons (Fsp3) is 0.462. The summed E-state index contributed by atoms with van der Waals surface area (Å²) in [5.74, 6) is 0. The average molecular weight is 286 g/mol. The van der Waals surface area contributed by atoms with Crippen LogP contribution >= 0.6 is 23.8 Å². The summed E-state index contributed by atoms with van der Waals surface area (Å²) < 4.78 is 0. The van der Waals surface area contributed by atoms with Gasteiger partial charge in [0.05, 0.1) is 0 Å². The van der Waals surface area contributed by atoms with E-state index in [1.807, 2.05) is 25.1 Å². The summed E-state index contributed by atoms with van der Waals surface area (Å²) in [5.41, 5.74) is 1.97. The summed E-state index contributed by atoms with van der Waals surface area (Å²) in [6, 6.07) is 5.82. The standard InChI is InChI=1S/C13H20ClN3S/c1-10-5-6-11(9-12(10)14)16-13(18)15-7-4-8-17(2)3/h5-6,9H,4,7-8H2,1-3H3,(H2,15,16,18). The third kappa shape index (κ3) is 5.67. The van der Waals surface area contributed by atoms with Crippen molar-refractivity contribution in [1.82, 2.24) is 10.2 Å². The monoisotopic (exact) mass is 285 g/mol. The smallest absolute Gasteiger partial charge is 0.170 e. The molecule has 100 valence electrons. The molecular formula is C13H20ClN3S. The Balaban J connectivity index is 2.33. The molecule has 0 saturated carbocycles. The highest BCUT2D eigenvalue weighted by Crippen LogP contribution is 2.19. The SMILES string of the molecule is Cc1ccc(NC(=S)NCCCN(C)C)cc1Cl. The Hall–Kier alpha value is -0.840. The minimum atomic E-state index is 0.633. The molecule has 3 nitrogen and oxygen atoms in total. The van der Waals surface area contributed by atoms with Crippen molar-refractivity contribution in [2.45, 2.75) is 13.3 Å². The molecule has 5 heteroatoms. The van der Waals surface area contributed by atoms with Gasteiger partial charge in [0, 0.05) is 17.3 Å². The van der Waals surface area contributed by atoms with Crippen LogP contribution in [0.1, 0.15) is 12.0 Å². The quantitative estimate of drug-likeness (QED) is 0.643. The van der Waals surface area contributed by atoms with Crippen molar-refractivity contribution in [3.63, 3.8) is 0 Å². The van der Waals surface area contributed by atoms with Crippen molar-refractivity contribution < 1.29 is 0 Å². The lowest BCUT2D eigenvalue weighted by Gasteiger charge is -2.13. The average Bonchev–Trinajstić information content (AvgIpc) is 2.29. The lowest BCUT2D eigenvalue weighted by molar-refractivity contribution is 0.400. The van der Waals surface area contributed by atoms with Gasteiger partial charge >= 0.3 is 0 Å². The Labute approximate surface area is 120 Å². The molecule has 0 fully saturated rings. The first-order valence-electron chi connectivity index (χ1n) is 5.95. The van der Waals surface area contributed by atoms with E-state index in [9.17, 15) is 0 Å². The van der Waals surface area contributed by atoms with Gasteiger partial charge in [-0.1, -0.05) is 17.7 Å². The van der Waals surface area contributed by atoms with Crippen LogP contribution in [0.15, 0.2) is 18.2 Å². The predicted octanol–water partition coefficient (Wildman–Crippen LogP) is 2.89. The van der Waals surface area contributed by atoms with Crippen LogP contribution in [0.4, 0.5) is 5.69 Å². The Kier molecular flexibility index (Phi) is 6.39. The number of nitrogens with zero attached hydrogens (tertiary/aromatic N) is 1. The normalized spacial score (nSPS) is 10.5. The first-order chi connectivity index (χ1) is 8.49. The highest BCUT2D eigenvalue weighted by atomic mass is 35.5. The van der Waals surface area contributed by atoms with E-state index >= 15 is 0 Å². The van der Waals surface area contributed by atoms with E-state index in [1.165, 1.54) is 0 Å². The van der Waals surface area contributed by atoms with E-state index < -0.39 is 0 Å². The van der Waals surface area contributed by atoms with Gasteiger partial charge in [-0.05, 0) is 63.9 Å². The van der Waals surface area contributed by atoms with Gasteiger partial charge < -0.3 is 15.5 Å². The van der Waals surface area contributed by atoms with Crippen molar-refractivity contribution in [2.75, 3.05) is 32.5 Å². The van der Waals surface area contributed by atoms with E-state index in [0.29, 0.717) is 5.11 Å². The Morgan fingerprint density at radius 3 is 2.72 bits per heavy atom. The highest BCUT2D eigenvalue weighted by Gasteiger charge is 2.00. The molecular weight excluding hydrogens is 266 g/mol. The zero-order chi connectivity index (χ0) is 13.5. The topological polar surface area (TPSA) is 27.3 Å². The van der Waals surface area contributed by atoms with Crippen LogP contribution in [0, 0.1) is 6.92 Å². The number of thiocarbonyl (C=S) groups is 1. The molecule has 2 N–H and O–H groups in total. The minimum absolute atomic E-state index is 0.633. The number of hydrogen-bond acceptors (Lipinski definition) is 2. The number of rotatable bonds is 5. The van der Waals surface area contributed by atoms with Crippen LogP contribution in [-0.2, 0) is 0 Å². The zero-order valence-electron chi connectivity index (χ0n) is 11.1. The molecule has 0 unspecified atom stereocenters. The maximum Gasteiger partial charge on any atom is 0.170 e. The molecule has 0 atom stereocenters. The fourth-order valence-corrected chi connectivity index (χ4v) is 1.84. The number of anilines is 1. The molecule has 0 saturated heterocycles. The number of halogens is 1. The Morgan fingerprint density at radius 2 is 2.11 bits per heavy atom. The van der Waals surface area contributed by atoms with Crippen molar-refractivity contribution in [2.24, 2.45) is 0 Å². The highest BCUT2D eigenvalue weighted by molar-refractivity contribution is 7.80. The number of hydrogen-bond donors (Lipinski definition) is 2. The third-order valence-electron chi connectivity index (χ3n) is 2.50. The summed E-state index contributed by atoms with van der Waals surface area (Å²) in [6.07, 6.45) is 1.06. The molecule has 0 bridgehead atoms. The Morgan fingerprint density at radius 1 is 1.39 bits per heavy atom. The number of benzene rings is 1. The van der Waals surface area contributed by atoms with Crippen molar-refractivity contribution in [3.8, 4) is 0 Å². The van der Waals surface area contributed by atoms with Crippen LogP contribution in [0.3, 0.4) is 0 Å². The second-order valence-electron chi connectivity index (χ2n) is 4.50. The molecule has 0 spiro atoms. The van der Waals surface area contributed by atoms with E-state index in [0.717, 1.165) is 35.8 Å². The van der Waals surface area contributed by atoms with Crippen molar-refractivity contribution in [3.05, 3.63) is 28.8 Å². The molecule has 18 heavy (non-hydrogen) atoms. The van der Waals surface area contributed by atoms with Crippen LogP contribution in [-0.4, -0.2) is 37.2 Å². The van der Waals surface area contributed by atoms with Crippen LogP contribution < -0.4 is 10.6 Å². The summed E-state index contributed by atoms with van der Waals surface area (Å²) >= 11 is 11.3. The van der Waals surface area contributed by atoms with Crippen molar-refractivity contribution in [1.29, 1.82) is 0 Å². The molecule has 1 rings (SSSR count). The maximum absolute atomic E-state index is 6.05. The summed E-state index contributed by atoms with van der Waals surface area (Å²) in [7, 11) is 4.12. The largest absolute Gasteiger partial charge is 0.362 e. The molecule has 0 heterocycles. The second-order valence-corrected chi connectivity index (χ2v) is 5.32. The molecule has 0 aliphatic carbocycles. The lowest BCUT2D eigenvalue weighted by atomic mass is 10.2. The fourth-order valence-electron chi connectivity index (χ4n) is 1.44. The van der Waals surface area contributed by atoms with E-state index in [1.54, 1.807) is 0 Å². The molecule has 0 aliphatic rings. The van der Waals surface area contributed by atoms with Crippen LogP contribution in [0.2, 0.25) is 5.02 Å². The summed E-state index contributed by atoms with van der Waals surface area (Å²) in [4.78, 5) is 2.15. The molecule has 1 aromatic rings. The van der Waals surface area contributed by atoms with Crippen molar-refractivity contribution >= 4 is 34.6 Å². The van der Waals surface area contributed by atoms with Crippen LogP contribution in [0.5, 0.6) is 0 Å². The van der Waals surface area contributed by atoms with Crippen LogP contribution in [0.25, 0.3) is 0 Å². The molecule has 0 aromatic heterocycles. The summed E-state index contributed by atoms with van der Waals surface area (Å²) in [6.45, 7) is 3.89. The lowest BCUT2D eigenvalue weighted by Crippen LogP contribution is -2.30. The zero-order valence-corrected chi connectivity index (χ0v) is 12.7.